The molecule has 0 radical (unpaired) electrons. The second-order valence-corrected chi connectivity index (χ2v) is 4.56. The SMILES string of the molecule is Cc1nc(Cl)c(N)c(N(S)Cc2cccnc2)n1. The van der Waals surface area contributed by atoms with Crippen LogP contribution in [0, 0.1) is 6.92 Å². The van der Waals surface area contributed by atoms with Crippen molar-refractivity contribution in [1.82, 2.24) is 15.0 Å². The third kappa shape index (κ3) is 2.83. The smallest absolute Gasteiger partial charge is 0.167 e. The molecular weight excluding hydrogens is 270 g/mol. The van der Waals surface area contributed by atoms with Crippen LogP contribution in [0.15, 0.2) is 24.5 Å². The molecule has 0 fully saturated rings. The molecule has 0 bridgehead atoms. The summed E-state index contributed by atoms with van der Waals surface area (Å²) in [6.07, 6.45) is 3.47. The van der Waals surface area contributed by atoms with Crippen molar-refractivity contribution < 1.29 is 0 Å². The fraction of sp³-hybridized carbons (Fsp3) is 0.182. The molecule has 2 heterocycles. The third-order valence-corrected chi connectivity index (χ3v) is 2.91. The van der Waals surface area contributed by atoms with Gasteiger partial charge >= 0.3 is 0 Å². The number of aromatic nitrogens is 3. The van der Waals surface area contributed by atoms with E-state index >= 15 is 0 Å². The summed E-state index contributed by atoms with van der Waals surface area (Å²) in [5, 5.41) is 0.239. The number of halogens is 1. The molecular formula is C11H12ClN5S. The van der Waals surface area contributed by atoms with E-state index in [2.05, 4.69) is 27.8 Å². The minimum Gasteiger partial charge on any atom is -0.393 e. The molecule has 5 nitrogen and oxygen atoms in total. The van der Waals surface area contributed by atoms with Gasteiger partial charge in [0.25, 0.3) is 0 Å². The van der Waals surface area contributed by atoms with E-state index in [1.165, 1.54) is 0 Å². The van der Waals surface area contributed by atoms with Crippen LogP contribution in [0.5, 0.6) is 0 Å². The van der Waals surface area contributed by atoms with E-state index in [1.807, 2.05) is 12.1 Å². The normalized spacial score (nSPS) is 10.4. The average Bonchev–Trinajstić information content (AvgIpc) is 2.35. The second-order valence-electron chi connectivity index (χ2n) is 3.72. The topological polar surface area (TPSA) is 67.9 Å². The van der Waals surface area contributed by atoms with Crippen LogP contribution in [-0.2, 0) is 6.54 Å². The highest BCUT2D eigenvalue weighted by atomic mass is 35.5. The van der Waals surface area contributed by atoms with E-state index in [1.54, 1.807) is 23.6 Å². The number of rotatable bonds is 3. The van der Waals surface area contributed by atoms with Crippen molar-refractivity contribution >= 4 is 35.9 Å². The molecule has 0 unspecified atom stereocenters. The Balaban J connectivity index is 2.26. The van der Waals surface area contributed by atoms with E-state index in [0.717, 1.165) is 5.56 Å². The van der Waals surface area contributed by atoms with Gasteiger partial charge in [0.15, 0.2) is 11.0 Å². The van der Waals surface area contributed by atoms with E-state index in [-0.39, 0.29) is 5.15 Å². The Kier molecular flexibility index (Phi) is 3.88. The van der Waals surface area contributed by atoms with Gasteiger partial charge in [0.05, 0.1) is 6.54 Å². The number of pyridine rings is 1. The number of nitrogens with zero attached hydrogens (tertiary/aromatic N) is 4. The molecule has 0 aliphatic heterocycles. The first-order chi connectivity index (χ1) is 8.58. The number of thiol groups is 1. The fourth-order valence-corrected chi connectivity index (χ4v) is 1.99. The third-order valence-electron chi connectivity index (χ3n) is 2.29. The van der Waals surface area contributed by atoms with Crippen LogP contribution in [0.2, 0.25) is 5.15 Å². The largest absolute Gasteiger partial charge is 0.393 e. The van der Waals surface area contributed by atoms with Crippen LogP contribution in [0.3, 0.4) is 0 Å². The van der Waals surface area contributed by atoms with Crippen molar-refractivity contribution in [3.8, 4) is 0 Å². The lowest BCUT2D eigenvalue weighted by atomic mass is 10.3. The summed E-state index contributed by atoms with van der Waals surface area (Å²) >= 11 is 10.3. The van der Waals surface area contributed by atoms with Crippen LogP contribution in [-0.4, -0.2) is 15.0 Å². The minimum absolute atomic E-state index is 0.239. The standard InChI is InChI=1S/C11H12ClN5S/c1-7-15-10(12)9(13)11(16-7)17(18)6-8-3-2-4-14-5-8/h2-5,18H,6,13H2,1H3. The molecule has 0 atom stereocenters. The van der Waals surface area contributed by atoms with Gasteiger partial charge in [0.2, 0.25) is 0 Å². The molecule has 2 aromatic rings. The molecule has 2 rings (SSSR count). The number of hydrogen-bond donors (Lipinski definition) is 2. The molecule has 0 amide bonds. The Labute approximate surface area is 116 Å². The highest BCUT2D eigenvalue weighted by molar-refractivity contribution is 7.81. The van der Waals surface area contributed by atoms with E-state index in [9.17, 15) is 0 Å². The van der Waals surface area contributed by atoms with E-state index in [0.29, 0.717) is 23.9 Å². The predicted octanol–water partition coefficient (Wildman–Crippen LogP) is 2.27. The molecule has 7 heteroatoms. The summed E-state index contributed by atoms with van der Waals surface area (Å²) in [5.74, 6) is 1.05. The quantitative estimate of drug-likeness (QED) is 0.667. The lowest BCUT2D eigenvalue weighted by Crippen LogP contribution is -2.15. The number of aryl methyl sites for hydroxylation is 1. The lowest BCUT2D eigenvalue weighted by Gasteiger charge is -2.18. The van der Waals surface area contributed by atoms with E-state index in [4.69, 9.17) is 17.3 Å². The number of nitrogens with two attached hydrogens (primary N) is 1. The van der Waals surface area contributed by atoms with Gasteiger partial charge in [-0.25, -0.2) is 9.97 Å². The van der Waals surface area contributed by atoms with Gasteiger partial charge in [0.1, 0.15) is 11.5 Å². The zero-order valence-electron chi connectivity index (χ0n) is 9.71. The van der Waals surface area contributed by atoms with Crippen molar-refractivity contribution in [3.05, 3.63) is 41.1 Å². The van der Waals surface area contributed by atoms with Crippen molar-refractivity contribution in [2.24, 2.45) is 0 Å². The number of nitrogen functional groups attached to an aromatic ring is 1. The maximum Gasteiger partial charge on any atom is 0.167 e. The summed E-state index contributed by atoms with van der Waals surface area (Å²) in [4.78, 5) is 12.3. The number of anilines is 2. The van der Waals surface area contributed by atoms with E-state index < -0.39 is 0 Å². The molecule has 2 N–H and O–H groups in total. The molecule has 0 saturated carbocycles. The van der Waals surface area contributed by atoms with Gasteiger partial charge in [0, 0.05) is 12.4 Å². The van der Waals surface area contributed by atoms with Crippen molar-refractivity contribution in [2.75, 3.05) is 10.0 Å². The Hall–Kier alpha value is -1.53. The first-order valence-corrected chi connectivity index (χ1v) is 6.00. The minimum atomic E-state index is 0.239. The zero-order chi connectivity index (χ0) is 13.1. The van der Waals surface area contributed by atoms with Crippen LogP contribution in [0.4, 0.5) is 11.5 Å². The molecule has 0 aliphatic carbocycles. The van der Waals surface area contributed by atoms with Crippen molar-refractivity contribution in [3.63, 3.8) is 0 Å². The lowest BCUT2D eigenvalue weighted by molar-refractivity contribution is 0.975. The van der Waals surface area contributed by atoms with Crippen molar-refractivity contribution in [2.45, 2.75) is 13.5 Å². The monoisotopic (exact) mass is 281 g/mol. The summed E-state index contributed by atoms with van der Waals surface area (Å²) in [7, 11) is 0. The second kappa shape index (κ2) is 5.41. The average molecular weight is 282 g/mol. The molecule has 0 aromatic carbocycles. The fourth-order valence-electron chi connectivity index (χ4n) is 1.47. The molecule has 2 aromatic heterocycles. The molecule has 0 aliphatic rings. The first kappa shape index (κ1) is 12.9. The highest BCUT2D eigenvalue weighted by Gasteiger charge is 2.13. The van der Waals surface area contributed by atoms with Gasteiger partial charge < -0.3 is 5.73 Å². The molecule has 0 spiro atoms. The summed E-state index contributed by atoms with van der Waals surface area (Å²) < 4.78 is 1.62. The predicted molar refractivity (Wildman–Crippen MR) is 75.6 cm³/mol. The number of hydrogen-bond acceptors (Lipinski definition) is 6. The van der Waals surface area contributed by atoms with Crippen LogP contribution in [0.25, 0.3) is 0 Å². The zero-order valence-corrected chi connectivity index (χ0v) is 11.4. The Morgan fingerprint density at radius 2 is 2.22 bits per heavy atom. The van der Waals surface area contributed by atoms with Crippen LogP contribution < -0.4 is 10.0 Å². The van der Waals surface area contributed by atoms with Crippen LogP contribution >= 0.6 is 24.4 Å². The molecule has 0 saturated heterocycles. The Morgan fingerprint density at radius 3 is 2.89 bits per heavy atom. The van der Waals surface area contributed by atoms with Gasteiger partial charge in [-0.15, -0.1) is 0 Å². The first-order valence-electron chi connectivity index (χ1n) is 5.23. The summed E-state index contributed by atoms with van der Waals surface area (Å²) in [6.45, 7) is 2.27. The van der Waals surface area contributed by atoms with Gasteiger partial charge in [-0.1, -0.05) is 30.5 Å². The molecule has 94 valence electrons. The van der Waals surface area contributed by atoms with Crippen LogP contribution in [0.1, 0.15) is 11.4 Å². The Bertz CT molecular complexity index is 549. The summed E-state index contributed by atoms with van der Waals surface area (Å²) in [6, 6.07) is 3.81. The maximum atomic E-state index is 5.92. The van der Waals surface area contributed by atoms with Gasteiger partial charge in [-0.3, -0.25) is 9.29 Å². The maximum absolute atomic E-state index is 5.92. The van der Waals surface area contributed by atoms with Gasteiger partial charge in [-0.05, 0) is 18.6 Å². The highest BCUT2D eigenvalue weighted by Crippen LogP contribution is 2.28. The van der Waals surface area contributed by atoms with Crippen molar-refractivity contribution in [1.29, 1.82) is 0 Å². The Morgan fingerprint density at radius 1 is 1.44 bits per heavy atom. The molecule has 18 heavy (non-hydrogen) atoms. The van der Waals surface area contributed by atoms with Gasteiger partial charge in [-0.2, -0.15) is 0 Å². The summed E-state index contributed by atoms with van der Waals surface area (Å²) in [5.41, 5.74) is 7.16.